The smallest absolute Gasteiger partial charge is 0.137 e. The van der Waals surface area contributed by atoms with Gasteiger partial charge in [-0.1, -0.05) is 6.07 Å². The van der Waals surface area contributed by atoms with Crippen LogP contribution < -0.4 is 0 Å². The SMILES string of the molecule is C#CCC(O)c1ccc(Br)c(F)c1. The van der Waals surface area contributed by atoms with Crippen LogP contribution in [0, 0.1) is 18.2 Å². The number of hydrogen-bond donors (Lipinski definition) is 1. The molecule has 0 saturated heterocycles. The van der Waals surface area contributed by atoms with Crippen molar-refractivity contribution < 1.29 is 9.50 Å². The first-order valence-corrected chi connectivity index (χ1v) is 4.51. The third-order valence-corrected chi connectivity index (χ3v) is 2.28. The van der Waals surface area contributed by atoms with Crippen molar-refractivity contribution >= 4 is 15.9 Å². The largest absolute Gasteiger partial charge is 0.387 e. The molecule has 0 radical (unpaired) electrons. The molecule has 0 aliphatic heterocycles. The number of terminal acetylenes is 1. The highest BCUT2D eigenvalue weighted by atomic mass is 79.9. The van der Waals surface area contributed by atoms with E-state index in [0.717, 1.165) is 0 Å². The first kappa shape index (κ1) is 10.2. The Morgan fingerprint density at radius 2 is 2.31 bits per heavy atom. The van der Waals surface area contributed by atoms with Crippen LogP contribution in [0.1, 0.15) is 18.1 Å². The van der Waals surface area contributed by atoms with Gasteiger partial charge in [-0.3, -0.25) is 0 Å². The first-order valence-electron chi connectivity index (χ1n) is 3.71. The Morgan fingerprint density at radius 3 is 2.85 bits per heavy atom. The van der Waals surface area contributed by atoms with Gasteiger partial charge in [0.25, 0.3) is 0 Å². The monoisotopic (exact) mass is 242 g/mol. The minimum atomic E-state index is -0.785. The Balaban J connectivity index is 2.91. The Bertz CT molecular complexity index is 343. The van der Waals surface area contributed by atoms with Gasteiger partial charge in [-0.15, -0.1) is 12.3 Å². The summed E-state index contributed by atoms with van der Waals surface area (Å²) in [6.07, 6.45) is 4.43. The Labute approximate surface area is 84.7 Å². The lowest BCUT2D eigenvalue weighted by Gasteiger charge is -2.07. The second kappa shape index (κ2) is 4.40. The standard InChI is InChI=1S/C10H8BrFO/c1-2-3-10(13)7-4-5-8(11)9(12)6-7/h1,4-6,10,13H,3H2. The fraction of sp³-hybridized carbons (Fsp3) is 0.200. The van der Waals surface area contributed by atoms with E-state index in [1.807, 2.05) is 0 Å². The van der Waals surface area contributed by atoms with Crippen molar-refractivity contribution in [1.29, 1.82) is 0 Å². The number of aliphatic hydroxyl groups is 1. The molecule has 0 saturated carbocycles. The molecule has 1 atom stereocenters. The van der Waals surface area contributed by atoms with E-state index in [-0.39, 0.29) is 6.42 Å². The van der Waals surface area contributed by atoms with Crippen molar-refractivity contribution in [1.82, 2.24) is 0 Å². The molecule has 68 valence electrons. The third kappa shape index (κ3) is 2.55. The number of rotatable bonds is 2. The van der Waals surface area contributed by atoms with E-state index in [4.69, 9.17) is 6.42 Å². The van der Waals surface area contributed by atoms with Gasteiger partial charge in [0, 0.05) is 6.42 Å². The maximum absolute atomic E-state index is 13.0. The zero-order valence-corrected chi connectivity index (χ0v) is 8.38. The molecule has 0 aromatic heterocycles. The molecular weight excluding hydrogens is 235 g/mol. The summed E-state index contributed by atoms with van der Waals surface area (Å²) in [5, 5.41) is 9.41. The molecule has 1 aromatic carbocycles. The van der Waals surface area contributed by atoms with E-state index >= 15 is 0 Å². The summed E-state index contributed by atoms with van der Waals surface area (Å²) >= 11 is 3.02. The average Bonchev–Trinajstić information content (AvgIpc) is 2.10. The van der Waals surface area contributed by atoms with Crippen molar-refractivity contribution in [3.05, 3.63) is 34.1 Å². The molecule has 0 aliphatic rings. The number of benzene rings is 1. The molecule has 0 bridgehead atoms. The maximum atomic E-state index is 13.0. The van der Waals surface area contributed by atoms with E-state index in [2.05, 4.69) is 21.9 Å². The fourth-order valence-corrected chi connectivity index (χ4v) is 1.20. The predicted octanol–water partition coefficient (Wildman–Crippen LogP) is 2.64. The Kier molecular flexibility index (Phi) is 3.47. The van der Waals surface area contributed by atoms with Gasteiger partial charge in [0.2, 0.25) is 0 Å². The lowest BCUT2D eigenvalue weighted by molar-refractivity contribution is 0.183. The highest BCUT2D eigenvalue weighted by molar-refractivity contribution is 9.10. The van der Waals surface area contributed by atoms with E-state index in [1.54, 1.807) is 12.1 Å². The zero-order valence-electron chi connectivity index (χ0n) is 6.80. The van der Waals surface area contributed by atoms with Gasteiger partial charge in [-0.05, 0) is 33.6 Å². The molecule has 0 amide bonds. The first-order chi connectivity index (χ1) is 6.15. The van der Waals surface area contributed by atoms with Crippen molar-refractivity contribution in [3.63, 3.8) is 0 Å². The fourth-order valence-electron chi connectivity index (χ4n) is 0.949. The Hall–Kier alpha value is -0.850. The summed E-state index contributed by atoms with van der Waals surface area (Å²) in [6.45, 7) is 0. The summed E-state index contributed by atoms with van der Waals surface area (Å²) < 4.78 is 13.3. The lowest BCUT2D eigenvalue weighted by Crippen LogP contribution is -1.96. The third-order valence-electron chi connectivity index (χ3n) is 1.64. The van der Waals surface area contributed by atoms with Crippen LogP contribution in [0.3, 0.4) is 0 Å². The van der Waals surface area contributed by atoms with Gasteiger partial charge in [0.1, 0.15) is 5.82 Å². The molecule has 13 heavy (non-hydrogen) atoms. The van der Waals surface area contributed by atoms with Gasteiger partial charge in [-0.25, -0.2) is 4.39 Å². The lowest BCUT2D eigenvalue weighted by atomic mass is 10.1. The number of halogens is 2. The summed E-state index contributed by atoms with van der Waals surface area (Å²) in [7, 11) is 0. The van der Waals surface area contributed by atoms with Crippen molar-refractivity contribution in [2.24, 2.45) is 0 Å². The molecule has 1 N–H and O–H groups in total. The summed E-state index contributed by atoms with van der Waals surface area (Å²) in [5.74, 6) is 1.92. The van der Waals surface area contributed by atoms with Crippen molar-refractivity contribution in [2.45, 2.75) is 12.5 Å². The van der Waals surface area contributed by atoms with Crippen LogP contribution in [0.5, 0.6) is 0 Å². The summed E-state index contributed by atoms with van der Waals surface area (Å²) in [5.41, 5.74) is 0.499. The second-order valence-corrected chi connectivity index (χ2v) is 3.45. The Morgan fingerprint density at radius 1 is 1.62 bits per heavy atom. The molecule has 1 nitrogen and oxygen atoms in total. The van der Waals surface area contributed by atoms with Gasteiger partial charge >= 0.3 is 0 Å². The van der Waals surface area contributed by atoms with Crippen LogP contribution in [0.15, 0.2) is 22.7 Å². The van der Waals surface area contributed by atoms with Crippen LogP contribution in [-0.2, 0) is 0 Å². The van der Waals surface area contributed by atoms with Crippen LogP contribution in [-0.4, -0.2) is 5.11 Å². The van der Waals surface area contributed by atoms with Crippen LogP contribution in [0.2, 0.25) is 0 Å². The predicted molar refractivity (Wildman–Crippen MR) is 52.5 cm³/mol. The van der Waals surface area contributed by atoms with Gasteiger partial charge in [-0.2, -0.15) is 0 Å². The van der Waals surface area contributed by atoms with Crippen LogP contribution in [0.4, 0.5) is 4.39 Å². The average molecular weight is 243 g/mol. The van der Waals surface area contributed by atoms with Crippen molar-refractivity contribution in [2.75, 3.05) is 0 Å². The zero-order chi connectivity index (χ0) is 9.84. The quantitative estimate of drug-likeness (QED) is 0.791. The van der Waals surface area contributed by atoms with E-state index in [1.165, 1.54) is 6.07 Å². The molecule has 0 fully saturated rings. The molecule has 1 rings (SSSR count). The minimum absolute atomic E-state index is 0.196. The molecule has 0 heterocycles. The van der Waals surface area contributed by atoms with Gasteiger partial charge in [0.15, 0.2) is 0 Å². The summed E-state index contributed by atoms with van der Waals surface area (Å²) in [6, 6.07) is 4.45. The van der Waals surface area contributed by atoms with E-state index in [0.29, 0.717) is 10.0 Å². The maximum Gasteiger partial charge on any atom is 0.137 e. The number of hydrogen-bond acceptors (Lipinski definition) is 1. The topological polar surface area (TPSA) is 20.2 Å². The van der Waals surface area contributed by atoms with Crippen LogP contribution in [0.25, 0.3) is 0 Å². The molecule has 0 aliphatic carbocycles. The molecule has 1 unspecified atom stereocenters. The molecule has 0 spiro atoms. The van der Waals surface area contributed by atoms with E-state index in [9.17, 15) is 9.50 Å². The molecule has 1 aromatic rings. The van der Waals surface area contributed by atoms with Gasteiger partial charge < -0.3 is 5.11 Å². The van der Waals surface area contributed by atoms with Crippen LogP contribution >= 0.6 is 15.9 Å². The highest BCUT2D eigenvalue weighted by Crippen LogP contribution is 2.21. The van der Waals surface area contributed by atoms with E-state index < -0.39 is 11.9 Å². The molecule has 3 heteroatoms. The normalized spacial score (nSPS) is 12.2. The molecular formula is C10H8BrFO. The second-order valence-electron chi connectivity index (χ2n) is 2.60. The van der Waals surface area contributed by atoms with Crippen molar-refractivity contribution in [3.8, 4) is 12.3 Å². The summed E-state index contributed by atoms with van der Waals surface area (Å²) in [4.78, 5) is 0. The minimum Gasteiger partial charge on any atom is -0.387 e. The highest BCUT2D eigenvalue weighted by Gasteiger charge is 2.08. The number of aliphatic hydroxyl groups excluding tert-OH is 1. The van der Waals surface area contributed by atoms with Gasteiger partial charge in [0.05, 0.1) is 10.6 Å².